The Morgan fingerprint density at radius 1 is 1.00 bits per heavy atom. The minimum Gasteiger partial charge on any atom is -0.398 e. The van der Waals surface area contributed by atoms with Gasteiger partial charge in [-0.05, 0) is 12.1 Å². The van der Waals surface area contributed by atoms with Crippen molar-refractivity contribution in [2.75, 3.05) is 5.73 Å². The monoisotopic (exact) mass is 240 g/mol. The second kappa shape index (κ2) is 6.78. The molecule has 0 bridgehead atoms. The molecule has 0 fully saturated rings. The number of para-hydroxylation sites is 1. The Hall–Kier alpha value is -2.71. The smallest absolute Gasteiger partial charge is 0.231 e. The highest BCUT2D eigenvalue weighted by atomic mass is 16.1. The molecule has 0 saturated heterocycles. The predicted octanol–water partition coefficient (Wildman–Crippen LogP) is 2.40. The molecule has 0 aliphatic rings. The first-order chi connectivity index (χ1) is 8.70. The first kappa shape index (κ1) is 13.4. The lowest BCUT2D eigenvalue weighted by Crippen LogP contribution is -2.04. The molecule has 0 aromatic heterocycles. The number of nitrogens with one attached hydrogen (secondary N) is 1. The summed E-state index contributed by atoms with van der Waals surface area (Å²) < 4.78 is 0. The Morgan fingerprint density at radius 2 is 1.50 bits per heavy atom. The highest BCUT2D eigenvalue weighted by molar-refractivity contribution is 6.11. The molecule has 18 heavy (non-hydrogen) atoms. The van der Waals surface area contributed by atoms with E-state index in [1.807, 2.05) is 30.3 Å². The Labute approximate surface area is 105 Å². The standard InChI is InChI=1S/C13H11NO.CHNO/c14-12-9-5-4-8-11(12)13(15)10-6-2-1-3-7-10;2-1-3/h1-9H,14H2;2H. The fourth-order valence-electron chi connectivity index (χ4n) is 1.45. The van der Waals surface area contributed by atoms with Gasteiger partial charge in [-0.1, -0.05) is 42.5 Å². The van der Waals surface area contributed by atoms with E-state index in [9.17, 15) is 4.79 Å². The van der Waals surface area contributed by atoms with Gasteiger partial charge in [0.05, 0.1) is 0 Å². The van der Waals surface area contributed by atoms with Crippen LogP contribution in [0.4, 0.5) is 5.69 Å². The van der Waals surface area contributed by atoms with Gasteiger partial charge in [-0.25, -0.2) is 10.2 Å². The van der Waals surface area contributed by atoms with Gasteiger partial charge < -0.3 is 5.73 Å². The van der Waals surface area contributed by atoms with E-state index in [1.165, 1.54) is 0 Å². The van der Waals surface area contributed by atoms with Crippen molar-refractivity contribution in [2.24, 2.45) is 0 Å². The van der Waals surface area contributed by atoms with Gasteiger partial charge in [0.25, 0.3) is 0 Å². The van der Waals surface area contributed by atoms with Gasteiger partial charge in [0.1, 0.15) is 0 Å². The maximum atomic E-state index is 12.0. The average molecular weight is 240 g/mol. The molecule has 0 radical (unpaired) electrons. The summed E-state index contributed by atoms with van der Waals surface area (Å²) in [6, 6.07) is 16.2. The molecule has 0 saturated carbocycles. The summed E-state index contributed by atoms with van der Waals surface area (Å²) in [4.78, 5) is 20.3. The molecule has 0 spiro atoms. The molecule has 0 heterocycles. The molecule has 2 aromatic rings. The van der Waals surface area contributed by atoms with Crippen molar-refractivity contribution in [3.8, 4) is 0 Å². The normalized spacial score (nSPS) is 8.67. The van der Waals surface area contributed by atoms with Crippen LogP contribution in [0.5, 0.6) is 0 Å². The Bertz CT molecular complexity index is 559. The zero-order chi connectivity index (χ0) is 13.4. The van der Waals surface area contributed by atoms with E-state index >= 15 is 0 Å². The summed E-state index contributed by atoms with van der Waals surface area (Å²) in [5, 5.41) is 5.40. The van der Waals surface area contributed by atoms with Gasteiger partial charge in [0, 0.05) is 16.8 Å². The summed E-state index contributed by atoms with van der Waals surface area (Å²) >= 11 is 0. The van der Waals surface area contributed by atoms with Crippen LogP contribution in [0.2, 0.25) is 0 Å². The molecule has 3 N–H and O–H groups in total. The van der Waals surface area contributed by atoms with Gasteiger partial charge >= 0.3 is 0 Å². The third-order valence-corrected chi connectivity index (χ3v) is 2.24. The van der Waals surface area contributed by atoms with Crippen molar-refractivity contribution in [2.45, 2.75) is 0 Å². The zero-order valence-corrected chi connectivity index (χ0v) is 9.59. The Morgan fingerprint density at radius 3 is 2.06 bits per heavy atom. The van der Waals surface area contributed by atoms with Crippen molar-refractivity contribution >= 4 is 17.6 Å². The number of carbonyl (C=O) groups is 1. The predicted molar refractivity (Wildman–Crippen MR) is 69.1 cm³/mol. The fourth-order valence-corrected chi connectivity index (χ4v) is 1.45. The van der Waals surface area contributed by atoms with Crippen LogP contribution in [0, 0.1) is 5.41 Å². The minimum atomic E-state index is -0.0336. The highest BCUT2D eigenvalue weighted by Crippen LogP contribution is 2.15. The summed E-state index contributed by atoms with van der Waals surface area (Å²) in [7, 11) is 0. The number of rotatable bonds is 2. The summed E-state index contributed by atoms with van der Waals surface area (Å²) in [5.41, 5.74) is 7.48. The maximum Gasteiger partial charge on any atom is 0.231 e. The van der Waals surface area contributed by atoms with Crippen molar-refractivity contribution in [3.05, 3.63) is 65.7 Å². The molecule has 0 unspecified atom stereocenters. The summed E-state index contributed by atoms with van der Waals surface area (Å²) in [5.74, 6) is -0.0336. The van der Waals surface area contributed by atoms with E-state index in [0.29, 0.717) is 16.8 Å². The lowest BCUT2D eigenvalue weighted by atomic mass is 10.0. The quantitative estimate of drug-likeness (QED) is 0.366. The molecule has 4 nitrogen and oxygen atoms in total. The molecule has 2 rings (SSSR count). The van der Waals surface area contributed by atoms with Gasteiger partial charge in [0.15, 0.2) is 5.78 Å². The number of carbonyl (C=O) groups excluding carboxylic acids is 2. The van der Waals surface area contributed by atoms with Crippen LogP contribution >= 0.6 is 0 Å². The zero-order valence-electron chi connectivity index (χ0n) is 9.59. The SMILES string of the molecule is N=C=O.Nc1ccccc1C(=O)c1ccccc1. The highest BCUT2D eigenvalue weighted by Gasteiger charge is 2.10. The lowest BCUT2D eigenvalue weighted by molar-refractivity contribution is 0.103. The van der Waals surface area contributed by atoms with E-state index in [-0.39, 0.29) is 5.78 Å². The van der Waals surface area contributed by atoms with E-state index in [0.717, 1.165) is 6.08 Å². The number of hydrogen-bond donors (Lipinski definition) is 2. The van der Waals surface area contributed by atoms with Gasteiger partial charge in [-0.3, -0.25) is 4.79 Å². The molecular formula is C14H12N2O2. The molecule has 90 valence electrons. The summed E-state index contributed by atoms with van der Waals surface area (Å²) in [6.45, 7) is 0. The molecule has 0 aliphatic heterocycles. The first-order valence-corrected chi connectivity index (χ1v) is 5.18. The number of nitrogens with two attached hydrogens (primary N) is 1. The molecule has 0 amide bonds. The van der Waals surface area contributed by atoms with Crippen LogP contribution in [-0.4, -0.2) is 11.9 Å². The second-order valence-corrected chi connectivity index (χ2v) is 3.38. The van der Waals surface area contributed by atoms with E-state index in [2.05, 4.69) is 0 Å². The molecule has 2 aromatic carbocycles. The number of nitrogen functional groups attached to an aromatic ring is 1. The Kier molecular flexibility index (Phi) is 5.03. The number of isocyanates is 1. The van der Waals surface area contributed by atoms with Crippen LogP contribution < -0.4 is 5.73 Å². The van der Waals surface area contributed by atoms with Crippen molar-refractivity contribution in [1.29, 1.82) is 5.41 Å². The molecule has 4 heteroatoms. The lowest BCUT2D eigenvalue weighted by Gasteiger charge is -2.03. The van der Waals surface area contributed by atoms with Crippen molar-refractivity contribution < 1.29 is 9.59 Å². The largest absolute Gasteiger partial charge is 0.398 e. The van der Waals surface area contributed by atoms with Crippen LogP contribution in [0.3, 0.4) is 0 Å². The number of anilines is 1. The van der Waals surface area contributed by atoms with Crippen LogP contribution in [0.25, 0.3) is 0 Å². The Balaban J connectivity index is 0.000000492. The van der Waals surface area contributed by atoms with Crippen LogP contribution in [0.15, 0.2) is 54.6 Å². The van der Waals surface area contributed by atoms with Gasteiger partial charge in [-0.15, -0.1) is 0 Å². The molecule has 0 atom stereocenters. The molecular weight excluding hydrogens is 228 g/mol. The minimum absolute atomic E-state index is 0.0336. The second-order valence-electron chi connectivity index (χ2n) is 3.38. The topological polar surface area (TPSA) is 84.0 Å². The number of ketones is 1. The fraction of sp³-hybridized carbons (Fsp3) is 0. The third-order valence-electron chi connectivity index (χ3n) is 2.24. The third kappa shape index (κ3) is 3.40. The summed E-state index contributed by atoms with van der Waals surface area (Å²) in [6.07, 6.45) is 0.750. The van der Waals surface area contributed by atoms with Crippen molar-refractivity contribution in [3.63, 3.8) is 0 Å². The van der Waals surface area contributed by atoms with E-state index in [1.54, 1.807) is 24.3 Å². The number of benzene rings is 2. The van der Waals surface area contributed by atoms with Gasteiger partial charge in [-0.2, -0.15) is 0 Å². The number of hydrogen-bond acceptors (Lipinski definition) is 4. The van der Waals surface area contributed by atoms with Crippen LogP contribution in [-0.2, 0) is 4.79 Å². The van der Waals surface area contributed by atoms with E-state index in [4.69, 9.17) is 15.9 Å². The van der Waals surface area contributed by atoms with Crippen LogP contribution in [0.1, 0.15) is 15.9 Å². The van der Waals surface area contributed by atoms with Crippen molar-refractivity contribution in [1.82, 2.24) is 0 Å². The first-order valence-electron chi connectivity index (χ1n) is 5.18. The van der Waals surface area contributed by atoms with Gasteiger partial charge in [0.2, 0.25) is 6.08 Å². The maximum absolute atomic E-state index is 12.0. The average Bonchev–Trinajstić information content (AvgIpc) is 2.40. The van der Waals surface area contributed by atoms with E-state index < -0.39 is 0 Å². The molecule has 0 aliphatic carbocycles.